The van der Waals surface area contributed by atoms with Crippen LogP contribution in [0.3, 0.4) is 0 Å². The SMILES string of the molecule is Cc1nn(Cc2ccc(C(=O)N3CCCC(C)C3)o2)c(C)c1Cl. The molecular formula is C17H22ClN3O2. The largest absolute Gasteiger partial charge is 0.454 e. The number of carbonyl (C=O) groups excluding carboxylic acids is 1. The zero-order valence-electron chi connectivity index (χ0n) is 13.8. The Balaban J connectivity index is 1.72. The molecule has 0 saturated carbocycles. The molecule has 0 N–H and O–H groups in total. The lowest BCUT2D eigenvalue weighted by atomic mass is 10.0. The molecule has 1 unspecified atom stereocenters. The van der Waals surface area contributed by atoms with E-state index in [4.69, 9.17) is 16.0 Å². The van der Waals surface area contributed by atoms with E-state index in [1.807, 2.05) is 24.8 Å². The summed E-state index contributed by atoms with van der Waals surface area (Å²) in [5.41, 5.74) is 1.70. The van der Waals surface area contributed by atoms with Gasteiger partial charge in [0.25, 0.3) is 5.91 Å². The molecule has 1 aliphatic heterocycles. The van der Waals surface area contributed by atoms with E-state index >= 15 is 0 Å². The predicted molar refractivity (Wildman–Crippen MR) is 88.8 cm³/mol. The number of piperidine rings is 1. The normalized spacial score (nSPS) is 18.4. The fraction of sp³-hybridized carbons (Fsp3) is 0.529. The van der Waals surface area contributed by atoms with Gasteiger partial charge in [-0.2, -0.15) is 5.10 Å². The molecule has 2 aromatic rings. The van der Waals surface area contributed by atoms with Crippen LogP contribution in [0.1, 0.15) is 47.5 Å². The Labute approximate surface area is 141 Å². The Hall–Kier alpha value is -1.75. The summed E-state index contributed by atoms with van der Waals surface area (Å²) < 4.78 is 7.55. The fourth-order valence-corrected chi connectivity index (χ4v) is 3.22. The summed E-state index contributed by atoms with van der Waals surface area (Å²) in [4.78, 5) is 14.4. The summed E-state index contributed by atoms with van der Waals surface area (Å²) in [6.07, 6.45) is 2.25. The van der Waals surface area contributed by atoms with Crippen LogP contribution in [0, 0.1) is 19.8 Å². The van der Waals surface area contributed by atoms with Gasteiger partial charge in [0.1, 0.15) is 5.76 Å². The lowest BCUT2D eigenvalue weighted by Gasteiger charge is -2.30. The Morgan fingerprint density at radius 2 is 2.22 bits per heavy atom. The number of carbonyl (C=O) groups is 1. The van der Waals surface area contributed by atoms with Crippen molar-refractivity contribution in [2.75, 3.05) is 13.1 Å². The van der Waals surface area contributed by atoms with Crippen molar-refractivity contribution in [2.24, 2.45) is 5.92 Å². The molecule has 2 aromatic heterocycles. The number of aromatic nitrogens is 2. The minimum absolute atomic E-state index is 0.0193. The number of likely N-dealkylation sites (tertiary alicyclic amines) is 1. The molecule has 3 heterocycles. The standard InChI is InChI=1S/C17H22ClN3O2/c1-11-5-4-8-20(9-11)17(22)15-7-6-14(23-15)10-21-13(3)16(18)12(2)19-21/h6-7,11H,4-5,8-10H2,1-3H3. The lowest BCUT2D eigenvalue weighted by molar-refractivity contribution is 0.0648. The van der Waals surface area contributed by atoms with Crippen LogP contribution in [0.2, 0.25) is 5.02 Å². The highest BCUT2D eigenvalue weighted by Crippen LogP contribution is 2.22. The molecule has 0 radical (unpaired) electrons. The molecule has 1 amide bonds. The second-order valence-electron chi connectivity index (χ2n) is 6.41. The summed E-state index contributed by atoms with van der Waals surface area (Å²) in [5, 5.41) is 5.06. The number of rotatable bonds is 3. The number of aryl methyl sites for hydroxylation is 1. The highest BCUT2D eigenvalue weighted by atomic mass is 35.5. The third-order valence-corrected chi connectivity index (χ3v) is 4.96. The topological polar surface area (TPSA) is 51.3 Å². The number of nitrogens with zero attached hydrogens (tertiary/aromatic N) is 3. The van der Waals surface area contributed by atoms with Crippen molar-refractivity contribution in [3.05, 3.63) is 40.1 Å². The van der Waals surface area contributed by atoms with Crippen molar-refractivity contribution in [2.45, 2.75) is 40.2 Å². The van der Waals surface area contributed by atoms with E-state index in [9.17, 15) is 4.79 Å². The molecule has 23 heavy (non-hydrogen) atoms. The molecule has 124 valence electrons. The first kappa shape index (κ1) is 16.1. The first-order valence-electron chi connectivity index (χ1n) is 8.03. The quantitative estimate of drug-likeness (QED) is 0.860. The first-order chi connectivity index (χ1) is 11.0. The van der Waals surface area contributed by atoms with Gasteiger partial charge in [0, 0.05) is 13.1 Å². The van der Waals surface area contributed by atoms with Gasteiger partial charge < -0.3 is 9.32 Å². The van der Waals surface area contributed by atoms with Gasteiger partial charge in [0.15, 0.2) is 5.76 Å². The van der Waals surface area contributed by atoms with E-state index in [2.05, 4.69) is 12.0 Å². The minimum atomic E-state index is -0.0193. The zero-order valence-corrected chi connectivity index (χ0v) is 14.6. The van der Waals surface area contributed by atoms with Gasteiger partial charge >= 0.3 is 0 Å². The summed E-state index contributed by atoms with van der Waals surface area (Å²) in [6.45, 7) is 8.07. The van der Waals surface area contributed by atoms with Crippen molar-refractivity contribution in [3.8, 4) is 0 Å². The van der Waals surface area contributed by atoms with E-state index in [-0.39, 0.29) is 5.91 Å². The van der Waals surface area contributed by atoms with E-state index in [0.29, 0.717) is 29.0 Å². The molecule has 6 heteroatoms. The van der Waals surface area contributed by atoms with Crippen molar-refractivity contribution >= 4 is 17.5 Å². The smallest absolute Gasteiger partial charge is 0.289 e. The van der Waals surface area contributed by atoms with Gasteiger partial charge in [-0.3, -0.25) is 9.48 Å². The third-order valence-electron chi connectivity index (χ3n) is 4.42. The van der Waals surface area contributed by atoms with Crippen LogP contribution in [-0.4, -0.2) is 33.7 Å². The molecule has 1 atom stereocenters. The second kappa shape index (κ2) is 6.40. The van der Waals surface area contributed by atoms with Gasteiger partial charge in [0.05, 0.1) is 23.0 Å². The Morgan fingerprint density at radius 3 is 2.87 bits per heavy atom. The molecule has 0 bridgehead atoms. The Bertz CT molecular complexity index is 719. The number of hydrogen-bond acceptors (Lipinski definition) is 3. The van der Waals surface area contributed by atoms with Crippen molar-refractivity contribution in [3.63, 3.8) is 0 Å². The molecule has 0 spiro atoms. The Morgan fingerprint density at radius 1 is 1.43 bits per heavy atom. The van der Waals surface area contributed by atoms with Crippen molar-refractivity contribution in [1.82, 2.24) is 14.7 Å². The molecule has 0 aliphatic carbocycles. The van der Waals surface area contributed by atoms with E-state index < -0.39 is 0 Å². The highest BCUT2D eigenvalue weighted by molar-refractivity contribution is 6.31. The monoisotopic (exact) mass is 335 g/mol. The lowest BCUT2D eigenvalue weighted by Crippen LogP contribution is -2.38. The van der Waals surface area contributed by atoms with Crippen LogP contribution in [0.15, 0.2) is 16.5 Å². The van der Waals surface area contributed by atoms with Crippen LogP contribution >= 0.6 is 11.6 Å². The number of hydrogen-bond donors (Lipinski definition) is 0. The number of furan rings is 1. The number of amides is 1. The van der Waals surface area contributed by atoms with Crippen LogP contribution in [0.5, 0.6) is 0 Å². The maximum Gasteiger partial charge on any atom is 0.289 e. The van der Waals surface area contributed by atoms with Gasteiger partial charge in [0.2, 0.25) is 0 Å². The average Bonchev–Trinajstić information content (AvgIpc) is 3.08. The fourth-order valence-electron chi connectivity index (χ4n) is 3.08. The summed E-state index contributed by atoms with van der Waals surface area (Å²) in [5.74, 6) is 1.65. The van der Waals surface area contributed by atoms with Crippen LogP contribution in [0.4, 0.5) is 0 Å². The molecule has 1 fully saturated rings. The van der Waals surface area contributed by atoms with E-state index in [1.54, 1.807) is 10.7 Å². The van der Waals surface area contributed by atoms with Gasteiger partial charge in [-0.15, -0.1) is 0 Å². The zero-order chi connectivity index (χ0) is 16.6. The third kappa shape index (κ3) is 3.29. The average molecular weight is 336 g/mol. The van der Waals surface area contributed by atoms with Crippen LogP contribution in [0.25, 0.3) is 0 Å². The van der Waals surface area contributed by atoms with Gasteiger partial charge in [-0.1, -0.05) is 18.5 Å². The van der Waals surface area contributed by atoms with Crippen LogP contribution < -0.4 is 0 Å². The summed E-state index contributed by atoms with van der Waals surface area (Å²) in [7, 11) is 0. The summed E-state index contributed by atoms with van der Waals surface area (Å²) in [6, 6.07) is 3.59. The highest BCUT2D eigenvalue weighted by Gasteiger charge is 2.24. The molecule has 1 aliphatic rings. The van der Waals surface area contributed by atoms with Crippen molar-refractivity contribution < 1.29 is 9.21 Å². The molecule has 3 rings (SSSR count). The van der Waals surface area contributed by atoms with E-state index in [1.165, 1.54) is 6.42 Å². The first-order valence-corrected chi connectivity index (χ1v) is 8.41. The van der Waals surface area contributed by atoms with Crippen LogP contribution in [-0.2, 0) is 6.54 Å². The maximum absolute atomic E-state index is 12.5. The number of halogens is 1. The second-order valence-corrected chi connectivity index (χ2v) is 6.78. The van der Waals surface area contributed by atoms with Gasteiger partial charge in [-0.25, -0.2) is 0 Å². The van der Waals surface area contributed by atoms with E-state index in [0.717, 1.165) is 30.9 Å². The van der Waals surface area contributed by atoms with Gasteiger partial charge in [-0.05, 0) is 44.7 Å². The maximum atomic E-state index is 12.5. The minimum Gasteiger partial charge on any atom is -0.454 e. The predicted octanol–water partition coefficient (Wildman–Crippen LogP) is 3.67. The Kier molecular flexibility index (Phi) is 4.48. The molecule has 1 saturated heterocycles. The summed E-state index contributed by atoms with van der Waals surface area (Å²) >= 11 is 6.16. The van der Waals surface area contributed by atoms with Crippen molar-refractivity contribution in [1.29, 1.82) is 0 Å². The molecular weight excluding hydrogens is 314 g/mol. The molecule has 0 aromatic carbocycles. The molecule has 5 nitrogen and oxygen atoms in total.